The minimum atomic E-state index is -1.07. The van der Waals surface area contributed by atoms with Crippen LogP contribution in [0.3, 0.4) is 0 Å². The highest BCUT2D eigenvalue weighted by Crippen LogP contribution is 2.41. The summed E-state index contributed by atoms with van der Waals surface area (Å²) in [5.41, 5.74) is 3.58. The van der Waals surface area contributed by atoms with Crippen LogP contribution in [0, 0.1) is 0 Å². The van der Waals surface area contributed by atoms with Crippen molar-refractivity contribution in [3.05, 3.63) is 33.4 Å². The fraction of sp³-hybridized carbons (Fsp3) is 0.375. The summed E-state index contributed by atoms with van der Waals surface area (Å²) in [5.74, 6) is -0.921. The number of halogens is 1. The van der Waals surface area contributed by atoms with Crippen molar-refractivity contribution >= 4 is 21.9 Å². The van der Waals surface area contributed by atoms with E-state index in [4.69, 9.17) is 5.11 Å². The number of aryl methyl sites for hydroxylation is 2. The van der Waals surface area contributed by atoms with E-state index in [1.54, 1.807) is 7.05 Å². The number of aromatic carboxylic acids is 1. The Balaban J connectivity index is 2.17. The Morgan fingerprint density at radius 2 is 2.00 bits per heavy atom. The molecule has 0 unspecified atom stereocenters. The van der Waals surface area contributed by atoms with Gasteiger partial charge in [-0.25, -0.2) is 4.79 Å². The molecule has 1 aliphatic carbocycles. The summed E-state index contributed by atoms with van der Waals surface area (Å²) in [6.45, 7) is 0. The van der Waals surface area contributed by atoms with Crippen LogP contribution in [-0.2, 0) is 19.9 Å². The van der Waals surface area contributed by atoms with Gasteiger partial charge in [0.25, 0.3) is 0 Å². The topological polar surface area (TPSA) is 75.4 Å². The van der Waals surface area contributed by atoms with E-state index in [1.165, 1.54) is 28.3 Å². The first-order chi connectivity index (χ1) is 10.5. The van der Waals surface area contributed by atoms with Crippen molar-refractivity contribution in [3.8, 4) is 17.0 Å². The van der Waals surface area contributed by atoms with E-state index in [2.05, 4.69) is 21.0 Å². The maximum atomic E-state index is 11.1. The van der Waals surface area contributed by atoms with Crippen LogP contribution >= 0.6 is 15.9 Å². The molecule has 2 aromatic rings. The largest absolute Gasteiger partial charge is 0.506 e. The fourth-order valence-corrected chi connectivity index (χ4v) is 3.70. The minimum Gasteiger partial charge on any atom is -0.506 e. The molecule has 0 spiro atoms. The molecule has 22 heavy (non-hydrogen) atoms. The number of hydrogen-bond donors (Lipinski definition) is 2. The van der Waals surface area contributed by atoms with Crippen molar-refractivity contribution in [1.82, 2.24) is 9.78 Å². The van der Waals surface area contributed by atoms with E-state index < -0.39 is 5.97 Å². The van der Waals surface area contributed by atoms with E-state index in [1.807, 2.05) is 6.07 Å². The number of benzene rings is 1. The molecule has 0 amide bonds. The number of carbonyl (C=O) groups is 1. The Kier molecular flexibility index (Phi) is 3.95. The highest BCUT2D eigenvalue weighted by molar-refractivity contribution is 9.10. The van der Waals surface area contributed by atoms with Crippen LogP contribution in [0.25, 0.3) is 11.3 Å². The quantitative estimate of drug-likeness (QED) is 0.799. The van der Waals surface area contributed by atoms with Crippen LogP contribution < -0.4 is 0 Å². The molecule has 0 saturated heterocycles. The Morgan fingerprint density at radius 3 is 2.68 bits per heavy atom. The molecule has 0 saturated carbocycles. The van der Waals surface area contributed by atoms with Crippen molar-refractivity contribution < 1.29 is 15.0 Å². The lowest BCUT2D eigenvalue weighted by molar-refractivity contribution is 0.0689. The van der Waals surface area contributed by atoms with Crippen molar-refractivity contribution in [2.45, 2.75) is 32.1 Å². The first-order valence-corrected chi connectivity index (χ1v) is 8.09. The summed E-state index contributed by atoms with van der Waals surface area (Å²) in [6.07, 6.45) is 5.38. The second-order valence-electron chi connectivity index (χ2n) is 5.63. The molecule has 1 aromatic heterocycles. The van der Waals surface area contributed by atoms with Crippen LogP contribution in [-0.4, -0.2) is 26.0 Å². The number of aromatic nitrogens is 2. The number of phenols is 1. The van der Waals surface area contributed by atoms with E-state index in [-0.39, 0.29) is 11.4 Å². The molecule has 1 aromatic carbocycles. The zero-order chi connectivity index (χ0) is 15.9. The van der Waals surface area contributed by atoms with Crippen LogP contribution in [0.15, 0.2) is 16.6 Å². The lowest BCUT2D eigenvalue weighted by Gasteiger charge is -2.14. The molecule has 1 heterocycles. The van der Waals surface area contributed by atoms with Gasteiger partial charge in [0.15, 0.2) is 5.69 Å². The third kappa shape index (κ3) is 2.52. The minimum absolute atomic E-state index is 0.0250. The van der Waals surface area contributed by atoms with Crippen molar-refractivity contribution in [1.29, 1.82) is 0 Å². The van der Waals surface area contributed by atoms with E-state index in [0.29, 0.717) is 11.3 Å². The molecule has 116 valence electrons. The molecular weight excluding hydrogens is 348 g/mol. The number of carboxylic acids is 1. The smallest absolute Gasteiger partial charge is 0.356 e. The molecule has 2 N–H and O–H groups in total. The van der Waals surface area contributed by atoms with Gasteiger partial charge >= 0.3 is 5.97 Å². The lowest BCUT2D eigenvalue weighted by Crippen LogP contribution is -2.00. The molecule has 5 nitrogen and oxygen atoms in total. The number of hydrogen-bond acceptors (Lipinski definition) is 3. The van der Waals surface area contributed by atoms with Gasteiger partial charge in [0.1, 0.15) is 5.75 Å². The molecular formula is C16H17BrN2O3. The van der Waals surface area contributed by atoms with Gasteiger partial charge in [0.05, 0.1) is 10.2 Å². The van der Waals surface area contributed by atoms with Crippen molar-refractivity contribution in [2.24, 2.45) is 7.05 Å². The Labute approximate surface area is 136 Å². The zero-order valence-electron chi connectivity index (χ0n) is 12.3. The highest BCUT2D eigenvalue weighted by Gasteiger charge is 2.21. The van der Waals surface area contributed by atoms with Crippen LogP contribution in [0.4, 0.5) is 0 Å². The predicted octanol–water partition coefficient (Wildman–Crippen LogP) is 3.52. The van der Waals surface area contributed by atoms with Gasteiger partial charge in [0.2, 0.25) is 0 Å². The van der Waals surface area contributed by atoms with E-state index >= 15 is 0 Å². The summed E-state index contributed by atoms with van der Waals surface area (Å²) in [6, 6.07) is 3.47. The van der Waals surface area contributed by atoms with Gasteiger partial charge < -0.3 is 10.2 Å². The van der Waals surface area contributed by atoms with Crippen LogP contribution in [0.1, 0.15) is 40.9 Å². The molecule has 0 fully saturated rings. The Hall–Kier alpha value is -1.82. The standard InChI is InChI=1S/C16H17BrN2O3/c1-19-13(8-12(18-19)16(21)22)11-7-9-5-3-2-4-6-10(9)14(17)15(11)20/h7-8,20H,2-6H2,1H3,(H,21,22). The number of rotatable bonds is 2. The summed E-state index contributed by atoms with van der Waals surface area (Å²) < 4.78 is 2.22. The Bertz CT molecular complexity index is 752. The summed E-state index contributed by atoms with van der Waals surface area (Å²) in [7, 11) is 1.68. The number of carboxylic acid groups (broad SMARTS) is 1. The Morgan fingerprint density at radius 1 is 1.27 bits per heavy atom. The predicted molar refractivity (Wildman–Crippen MR) is 86.2 cm³/mol. The summed E-state index contributed by atoms with van der Waals surface area (Å²) >= 11 is 3.51. The molecule has 3 rings (SSSR count). The summed E-state index contributed by atoms with van der Waals surface area (Å²) in [4.78, 5) is 11.1. The molecule has 0 aliphatic heterocycles. The first-order valence-electron chi connectivity index (χ1n) is 7.30. The second kappa shape index (κ2) is 5.76. The van der Waals surface area contributed by atoms with Gasteiger partial charge in [-0.15, -0.1) is 0 Å². The number of phenolic OH excluding ortho intramolecular Hbond substituents is 1. The maximum Gasteiger partial charge on any atom is 0.356 e. The fourth-order valence-electron chi connectivity index (χ4n) is 3.04. The number of fused-ring (bicyclic) bond motifs is 1. The highest BCUT2D eigenvalue weighted by atomic mass is 79.9. The van der Waals surface area contributed by atoms with Crippen LogP contribution in [0.2, 0.25) is 0 Å². The van der Waals surface area contributed by atoms with Gasteiger partial charge in [0, 0.05) is 12.6 Å². The first kappa shape index (κ1) is 15.1. The second-order valence-corrected chi connectivity index (χ2v) is 6.42. The third-order valence-corrected chi connectivity index (χ3v) is 5.04. The SMILES string of the molecule is Cn1nc(C(=O)O)cc1-c1cc2c(c(Br)c1O)CCCCC2. The zero-order valence-corrected chi connectivity index (χ0v) is 13.9. The molecule has 0 radical (unpaired) electrons. The van der Waals surface area contributed by atoms with Crippen molar-refractivity contribution in [2.75, 3.05) is 0 Å². The van der Waals surface area contributed by atoms with Crippen molar-refractivity contribution in [3.63, 3.8) is 0 Å². The van der Waals surface area contributed by atoms with E-state index in [9.17, 15) is 9.90 Å². The van der Waals surface area contributed by atoms with Crippen LogP contribution in [0.5, 0.6) is 5.75 Å². The average Bonchev–Trinajstić information content (AvgIpc) is 2.71. The third-order valence-electron chi connectivity index (χ3n) is 4.18. The monoisotopic (exact) mass is 364 g/mol. The van der Waals surface area contributed by atoms with Gasteiger partial charge in [-0.2, -0.15) is 5.10 Å². The molecule has 0 atom stereocenters. The molecule has 1 aliphatic rings. The number of aromatic hydroxyl groups is 1. The average molecular weight is 365 g/mol. The molecule has 0 bridgehead atoms. The molecule has 6 heteroatoms. The summed E-state index contributed by atoms with van der Waals surface area (Å²) in [5, 5.41) is 23.6. The number of nitrogens with zero attached hydrogens (tertiary/aromatic N) is 2. The van der Waals surface area contributed by atoms with Gasteiger partial charge in [-0.3, -0.25) is 4.68 Å². The lowest BCUT2D eigenvalue weighted by atomic mass is 9.97. The maximum absolute atomic E-state index is 11.1. The normalized spacial score (nSPS) is 14.5. The van der Waals surface area contributed by atoms with E-state index in [0.717, 1.165) is 30.2 Å². The van der Waals surface area contributed by atoms with Gasteiger partial charge in [-0.05, 0) is 64.9 Å². The van der Waals surface area contributed by atoms with Gasteiger partial charge in [-0.1, -0.05) is 6.42 Å².